The Morgan fingerprint density at radius 1 is 1.12 bits per heavy atom. The molecule has 0 spiro atoms. The third kappa shape index (κ3) is 4.69. The summed E-state index contributed by atoms with van der Waals surface area (Å²) in [6, 6.07) is 2.54. The van der Waals surface area contributed by atoms with Crippen LogP contribution in [0, 0.1) is 11.6 Å². The second kappa shape index (κ2) is 7.74. The van der Waals surface area contributed by atoms with Crippen LogP contribution in [0.25, 0.3) is 0 Å². The standard InChI is InChI=1S/C12H15BrF2O2/c1-2-5-16-6-7-17-8-9-11(14)4-3-10(13)12(9)15/h3-4H,2,5-8H2,1H3. The normalized spacial score (nSPS) is 10.8. The van der Waals surface area contributed by atoms with Crippen molar-refractivity contribution >= 4 is 15.9 Å². The van der Waals surface area contributed by atoms with E-state index in [1.54, 1.807) is 0 Å². The minimum absolute atomic E-state index is 0.0603. The van der Waals surface area contributed by atoms with Crippen molar-refractivity contribution in [2.24, 2.45) is 0 Å². The zero-order valence-electron chi connectivity index (χ0n) is 9.64. The van der Waals surface area contributed by atoms with Crippen molar-refractivity contribution in [1.29, 1.82) is 0 Å². The van der Waals surface area contributed by atoms with E-state index in [2.05, 4.69) is 15.9 Å². The second-order valence-corrected chi connectivity index (χ2v) is 4.34. The Morgan fingerprint density at radius 3 is 2.53 bits per heavy atom. The highest BCUT2D eigenvalue weighted by atomic mass is 79.9. The molecule has 0 atom stereocenters. The van der Waals surface area contributed by atoms with E-state index in [0.717, 1.165) is 6.42 Å². The van der Waals surface area contributed by atoms with Crippen LogP contribution >= 0.6 is 15.9 Å². The van der Waals surface area contributed by atoms with Crippen LogP contribution in [-0.2, 0) is 16.1 Å². The lowest BCUT2D eigenvalue weighted by atomic mass is 10.2. The number of benzene rings is 1. The Kier molecular flexibility index (Phi) is 6.62. The van der Waals surface area contributed by atoms with Crippen molar-refractivity contribution in [1.82, 2.24) is 0 Å². The van der Waals surface area contributed by atoms with Crippen molar-refractivity contribution in [3.63, 3.8) is 0 Å². The summed E-state index contributed by atoms with van der Waals surface area (Å²) >= 11 is 3.00. The van der Waals surface area contributed by atoms with Crippen LogP contribution in [0.15, 0.2) is 16.6 Å². The predicted molar refractivity (Wildman–Crippen MR) is 64.8 cm³/mol. The van der Waals surface area contributed by atoms with E-state index in [9.17, 15) is 8.78 Å². The Hall–Kier alpha value is -0.520. The van der Waals surface area contributed by atoms with Crippen LogP contribution in [0.4, 0.5) is 8.78 Å². The van der Waals surface area contributed by atoms with Crippen LogP contribution in [0.2, 0.25) is 0 Å². The van der Waals surface area contributed by atoms with E-state index in [-0.39, 0.29) is 16.6 Å². The second-order valence-electron chi connectivity index (χ2n) is 3.49. The summed E-state index contributed by atoms with van der Waals surface area (Å²) in [7, 11) is 0. The smallest absolute Gasteiger partial charge is 0.145 e. The molecule has 0 fully saturated rings. The quantitative estimate of drug-likeness (QED) is 0.565. The molecule has 0 saturated heterocycles. The molecular formula is C12H15BrF2O2. The van der Waals surface area contributed by atoms with E-state index in [4.69, 9.17) is 9.47 Å². The van der Waals surface area contributed by atoms with Gasteiger partial charge in [-0.1, -0.05) is 6.92 Å². The molecule has 0 amide bonds. The van der Waals surface area contributed by atoms with Gasteiger partial charge in [0.15, 0.2) is 0 Å². The predicted octanol–water partition coefficient (Wildman–Crippen LogP) is 3.67. The van der Waals surface area contributed by atoms with Gasteiger partial charge in [0, 0.05) is 6.61 Å². The maximum Gasteiger partial charge on any atom is 0.145 e. The van der Waals surface area contributed by atoms with Gasteiger partial charge in [-0.3, -0.25) is 0 Å². The zero-order valence-corrected chi connectivity index (χ0v) is 11.2. The highest BCUT2D eigenvalue weighted by Gasteiger charge is 2.11. The molecule has 96 valence electrons. The number of hydrogen-bond acceptors (Lipinski definition) is 2. The SMILES string of the molecule is CCCOCCOCc1c(F)ccc(Br)c1F. The number of hydrogen-bond donors (Lipinski definition) is 0. The molecule has 0 radical (unpaired) electrons. The van der Waals surface area contributed by atoms with Gasteiger partial charge < -0.3 is 9.47 Å². The van der Waals surface area contributed by atoms with Crippen LogP contribution in [0.5, 0.6) is 0 Å². The van der Waals surface area contributed by atoms with Crippen LogP contribution in [-0.4, -0.2) is 19.8 Å². The van der Waals surface area contributed by atoms with Crippen LogP contribution in [0.1, 0.15) is 18.9 Å². The molecule has 0 saturated carbocycles. The molecule has 0 N–H and O–H groups in total. The maximum absolute atomic E-state index is 13.5. The molecule has 2 nitrogen and oxygen atoms in total. The van der Waals surface area contributed by atoms with Gasteiger partial charge in [-0.15, -0.1) is 0 Å². The molecule has 0 aliphatic rings. The van der Waals surface area contributed by atoms with Gasteiger partial charge >= 0.3 is 0 Å². The van der Waals surface area contributed by atoms with E-state index < -0.39 is 11.6 Å². The summed E-state index contributed by atoms with van der Waals surface area (Å²) in [5, 5.41) is 0. The number of rotatable bonds is 7. The molecule has 0 aliphatic carbocycles. The largest absolute Gasteiger partial charge is 0.379 e. The van der Waals surface area contributed by atoms with Gasteiger partial charge in [0.05, 0.1) is 29.9 Å². The van der Waals surface area contributed by atoms with Crippen LogP contribution in [0.3, 0.4) is 0 Å². The average Bonchev–Trinajstić information content (AvgIpc) is 2.32. The van der Waals surface area contributed by atoms with E-state index in [1.165, 1.54) is 12.1 Å². The van der Waals surface area contributed by atoms with E-state index in [0.29, 0.717) is 19.8 Å². The van der Waals surface area contributed by atoms with Gasteiger partial charge in [-0.25, -0.2) is 8.78 Å². The Labute approximate surface area is 108 Å². The monoisotopic (exact) mass is 308 g/mol. The molecule has 17 heavy (non-hydrogen) atoms. The lowest BCUT2D eigenvalue weighted by molar-refractivity contribution is 0.0389. The molecule has 5 heteroatoms. The number of ether oxygens (including phenoxy) is 2. The van der Waals surface area contributed by atoms with Crippen molar-refractivity contribution < 1.29 is 18.3 Å². The van der Waals surface area contributed by atoms with Crippen molar-refractivity contribution in [3.05, 3.63) is 33.8 Å². The topological polar surface area (TPSA) is 18.5 Å². The third-order valence-corrected chi connectivity index (χ3v) is 2.72. The summed E-state index contributed by atoms with van der Waals surface area (Å²) in [5.41, 5.74) is -0.0603. The lowest BCUT2D eigenvalue weighted by Crippen LogP contribution is -2.07. The fraction of sp³-hybridized carbons (Fsp3) is 0.500. The minimum atomic E-state index is -0.612. The highest BCUT2D eigenvalue weighted by Crippen LogP contribution is 2.22. The zero-order chi connectivity index (χ0) is 12.7. The van der Waals surface area contributed by atoms with E-state index in [1.807, 2.05) is 6.92 Å². The average molecular weight is 309 g/mol. The maximum atomic E-state index is 13.5. The molecular weight excluding hydrogens is 294 g/mol. The molecule has 1 aromatic carbocycles. The van der Waals surface area contributed by atoms with Gasteiger partial charge in [0.2, 0.25) is 0 Å². The Bertz CT molecular complexity index is 359. The lowest BCUT2D eigenvalue weighted by Gasteiger charge is -2.08. The molecule has 0 aliphatic heterocycles. The molecule has 0 aromatic heterocycles. The molecule has 0 bridgehead atoms. The van der Waals surface area contributed by atoms with E-state index >= 15 is 0 Å². The summed E-state index contributed by atoms with van der Waals surface area (Å²) in [5.74, 6) is -1.21. The fourth-order valence-corrected chi connectivity index (χ4v) is 1.61. The third-order valence-electron chi connectivity index (χ3n) is 2.11. The molecule has 1 aromatic rings. The molecule has 0 heterocycles. The number of halogens is 3. The van der Waals surface area contributed by atoms with Crippen molar-refractivity contribution in [2.45, 2.75) is 20.0 Å². The fourth-order valence-electron chi connectivity index (χ4n) is 1.24. The Balaban J connectivity index is 2.39. The van der Waals surface area contributed by atoms with Crippen molar-refractivity contribution in [3.8, 4) is 0 Å². The summed E-state index contributed by atoms with van der Waals surface area (Å²) < 4.78 is 37.4. The first-order valence-corrected chi connectivity index (χ1v) is 6.24. The van der Waals surface area contributed by atoms with Gasteiger partial charge in [0.1, 0.15) is 11.6 Å². The van der Waals surface area contributed by atoms with Crippen LogP contribution < -0.4 is 0 Å². The first-order chi connectivity index (χ1) is 8.16. The molecule has 1 rings (SSSR count). The van der Waals surface area contributed by atoms with Gasteiger partial charge in [-0.05, 0) is 34.5 Å². The first-order valence-electron chi connectivity index (χ1n) is 5.44. The van der Waals surface area contributed by atoms with Gasteiger partial charge in [-0.2, -0.15) is 0 Å². The summed E-state index contributed by atoms with van der Waals surface area (Å²) in [6.07, 6.45) is 0.939. The highest BCUT2D eigenvalue weighted by molar-refractivity contribution is 9.10. The van der Waals surface area contributed by atoms with Gasteiger partial charge in [0.25, 0.3) is 0 Å². The summed E-state index contributed by atoms with van der Waals surface area (Å²) in [4.78, 5) is 0. The first kappa shape index (κ1) is 14.5. The van der Waals surface area contributed by atoms with Crippen molar-refractivity contribution in [2.75, 3.05) is 19.8 Å². The summed E-state index contributed by atoms with van der Waals surface area (Å²) in [6.45, 7) is 3.35. The minimum Gasteiger partial charge on any atom is -0.379 e. The Morgan fingerprint density at radius 2 is 1.82 bits per heavy atom. The molecule has 0 unspecified atom stereocenters.